The van der Waals surface area contributed by atoms with Crippen LogP contribution in [0.15, 0.2) is 12.1 Å². The zero-order valence-corrected chi connectivity index (χ0v) is 14.3. The molecular weight excluding hydrogens is 283 g/mol. The minimum Gasteiger partial charge on any atom is -0.507 e. The van der Waals surface area contributed by atoms with Crippen LogP contribution in [0.2, 0.25) is 6.32 Å². The van der Waals surface area contributed by atoms with Crippen LogP contribution in [0.25, 0.3) is 0 Å². The molecule has 2 radical (unpaired) electrons. The van der Waals surface area contributed by atoms with Crippen molar-refractivity contribution in [1.82, 2.24) is 4.90 Å². The van der Waals surface area contributed by atoms with Gasteiger partial charge in [0.25, 0.3) is 0 Å². The molecule has 1 heterocycles. The maximum atomic E-state index is 10.3. The number of phenols is 1. The fraction of sp³-hybridized carbons (Fsp3) is 0.684. The molecule has 0 spiro atoms. The van der Waals surface area contributed by atoms with Gasteiger partial charge in [0, 0.05) is 25.2 Å². The van der Waals surface area contributed by atoms with Crippen molar-refractivity contribution < 1.29 is 5.11 Å². The first-order chi connectivity index (χ1) is 11.1. The first kappa shape index (κ1) is 16.8. The molecule has 0 aromatic heterocycles. The number of rotatable bonds is 5. The summed E-state index contributed by atoms with van der Waals surface area (Å²) in [6, 6.07) is 5.18. The first-order valence-electron chi connectivity index (χ1n) is 9.10. The second-order valence-corrected chi connectivity index (χ2v) is 7.44. The molecule has 4 heteroatoms. The van der Waals surface area contributed by atoms with E-state index in [1.165, 1.54) is 31.2 Å². The summed E-state index contributed by atoms with van der Waals surface area (Å²) in [4.78, 5) is 2.58. The third kappa shape index (κ3) is 3.58. The van der Waals surface area contributed by atoms with Crippen molar-refractivity contribution in [3.63, 3.8) is 0 Å². The summed E-state index contributed by atoms with van der Waals surface area (Å²) in [7, 11) is 5.60. The molecule has 3 rings (SSSR count). The van der Waals surface area contributed by atoms with Crippen molar-refractivity contribution in [2.75, 3.05) is 13.1 Å². The number of phenolic OH excluding ortho intramolecular Hbond substituents is 1. The monoisotopic (exact) mass is 312 g/mol. The van der Waals surface area contributed by atoms with Crippen LogP contribution in [-0.4, -0.2) is 43.0 Å². The van der Waals surface area contributed by atoms with Crippen molar-refractivity contribution in [3.05, 3.63) is 28.8 Å². The molecule has 1 aliphatic carbocycles. The lowest BCUT2D eigenvalue weighted by molar-refractivity contribution is 0.0261. The van der Waals surface area contributed by atoms with Crippen LogP contribution in [0.5, 0.6) is 5.75 Å². The minimum absolute atomic E-state index is 0.367. The minimum atomic E-state index is 0.367. The van der Waals surface area contributed by atoms with Crippen LogP contribution in [0.3, 0.4) is 0 Å². The summed E-state index contributed by atoms with van der Waals surface area (Å²) in [5.41, 5.74) is 9.57. The smallest absolute Gasteiger partial charge is 0.121 e. The number of hydrogen-bond donors (Lipinski definition) is 2. The molecule has 2 aliphatic rings. The van der Waals surface area contributed by atoms with Crippen molar-refractivity contribution in [3.8, 4) is 5.75 Å². The van der Waals surface area contributed by atoms with Gasteiger partial charge in [-0.05, 0) is 55.2 Å². The van der Waals surface area contributed by atoms with Crippen molar-refractivity contribution in [2.24, 2.45) is 11.7 Å². The molecule has 1 aliphatic heterocycles. The number of nitrogens with two attached hydrogens (primary N) is 1. The number of likely N-dealkylation sites (tertiary alicyclic amines) is 1. The van der Waals surface area contributed by atoms with Crippen LogP contribution in [-0.2, 0) is 12.8 Å². The lowest BCUT2D eigenvalue weighted by Gasteiger charge is -2.48. The number of benzene rings is 1. The van der Waals surface area contributed by atoms with Gasteiger partial charge in [0.15, 0.2) is 0 Å². The topological polar surface area (TPSA) is 49.5 Å². The standard InChI is InChI=1S/C19H29BN2O/c1-13-16(7-6-15(8-9-20)19(13)23)10-14-11-22(12-14)18-5-3-2-4-17(18)21/h6-7,14,17-18,23H,2-5,8-12,21H2,1H3. The van der Waals surface area contributed by atoms with E-state index in [0.29, 0.717) is 30.1 Å². The molecule has 1 saturated carbocycles. The summed E-state index contributed by atoms with van der Waals surface area (Å²) in [5, 5.41) is 10.3. The fourth-order valence-electron chi connectivity index (χ4n) is 4.29. The lowest BCUT2D eigenvalue weighted by atomic mass is 9.83. The van der Waals surface area contributed by atoms with E-state index in [-0.39, 0.29) is 0 Å². The zero-order chi connectivity index (χ0) is 16.4. The Hall–Kier alpha value is -0.995. The van der Waals surface area contributed by atoms with Gasteiger partial charge in [-0.15, -0.1) is 0 Å². The maximum Gasteiger partial charge on any atom is 0.121 e. The molecule has 2 unspecified atom stereocenters. The second-order valence-electron chi connectivity index (χ2n) is 7.44. The van der Waals surface area contributed by atoms with Gasteiger partial charge < -0.3 is 10.8 Å². The van der Waals surface area contributed by atoms with Gasteiger partial charge in [-0.3, -0.25) is 4.90 Å². The Kier molecular flexibility index (Phi) is 5.33. The SMILES string of the molecule is [B]CCc1ccc(CC2CN(C3CCCCC3N)C2)c(C)c1O. The van der Waals surface area contributed by atoms with E-state index in [4.69, 9.17) is 13.6 Å². The van der Waals surface area contributed by atoms with Crippen molar-refractivity contribution >= 4 is 7.85 Å². The van der Waals surface area contributed by atoms with Crippen molar-refractivity contribution in [1.29, 1.82) is 0 Å². The van der Waals surface area contributed by atoms with Gasteiger partial charge >= 0.3 is 0 Å². The van der Waals surface area contributed by atoms with Gasteiger partial charge in [0.05, 0.1) is 7.85 Å². The predicted molar refractivity (Wildman–Crippen MR) is 96.1 cm³/mol. The average molecular weight is 312 g/mol. The van der Waals surface area contributed by atoms with E-state index < -0.39 is 0 Å². The summed E-state index contributed by atoms with van der Waals surface area (Å²) >= 11 is 0. The van der Waals surface area contributed by atoms with E-state index in [2.05, 4.69) is 11.0 Å². The highest BCUT2D eigenvalue weighted by Gasteiger charge is 2.36. The maximum absolute atomic E-state index is 10.3. The number of nitrogens with zero attached hydrogens (tertiary/aromatic N) is 1. The largest absolute Gasteiger partial charge is 0.507 e. The highest BCUT2D eigenvalue weighted by Crippen LogP contribution is 2.32. The fourth-order valence-corrected chi connectivity index (χ4v) is 4.29. The number of aromatic hydroxyl groups is 1. The van der Waals surface area contributed by atoms with Crippen LogP contribution >= 0.6 is 0 Å². The Morgan fingerprint density at radius 1 is 1.22 bits per heavy atom. The third-order valence-electron chi connectivity index (χ3n) is 5.79. The lowest BCUT2D eigenvalue weighted by Crippen LogP contribution is -2.59. The van der Waals surface area contributed by atoms with E-state index in [9.17, 15) is 5.11 Å². The van der Waals surface area contributed by atoms with Crippen LogP contribution < -0.4 is 5.73 Å². The number of hydrogen-bond acceptors (Lipinski definition) is 3. The van der Waals surface area contributed by atoms with E-state index in [0.717, 1.165) is 37.1 Å². The number of aryl methyl sites for hydroxylation is 1. The molecule has 1 aromatic rings. The molecule has 1 saturated heterocycles. The van der Waals surface area contributed by atoms with Gasteiger partial charge in [-0.25, -0.2) is 0 Å². The molecule has 2 atom stereocenters. The molecule has 0 amide bonds. The Morgan fingerprint density at radius 3 is 2.61 bits per heavy atom. The van der Waals surface area contributed by atoms with Gasteiger partial charge in [0.2, 0.25) is 0 Å². The van der Waals surface area contributed by atoms with Gasteiger partial charge in [-0.2, -0.15) is 0 Å². The van der Waals surface area contributed by atoms with E-state index in [1.807, 2.05) is 13.0 Å². The Bertz CT molecular complexity index is 542. The second kappa shape index (κ2) is 7.27. The van der Waals surface area contributed by atoms with Crippen LogP contribution in [0, 0.1) is 12.8 Å². The van der Waals surface area contributed by atoms with Crippen molar-refractivity contribution in [2.45, 2.75) is 63.9 Å². The summed E-state index contributed by atoms with van der Waals surface area (Å²) in [6.07, 6.45) is 7.44. The molecule has 0 bridgehead atoms. The summed E-state index contributed by atoms with van der Waals surface area (Å²) in [6.45, 7) is 4.34. The Morgan fingerprint density at radius 2 is 1.91 bits per heavy atom. The van der Waals surface area contributed by atoms with E-state index in [1.54, 1.807) is 0 Å². The predicted octanol–water partition coefficient (Wildman–Crippen LogP) is 2.57. The Labute approximate surface area is 141 Å². The van der Waals surface area contributed by atoms with E-state index >= 15 is 0 Å². The van der Waals surface area contributed by atoms with Crippen LogP contribution in [0.4, 0.5) is 0 Å². The highest BCUT2D eigenvalue weighted by molar-refractivity contribution is 6.08. The Balaban J connectivity index is 1.56. The first-order valence-corrected chi connectivity index (χ1v) is 9.10. The quantitative estimate of drug-likeness (QED) is 0.822. The third-order valence-corrected chi connectivity index (χ3v) is 5.79. The molecule has 23 heavy (non-hydrogen) atoms. The molecular formula is C19H29BN2O. The van der Waals surface area contributed by atoms with Gasteiger partial charge in [0.1, 0.15) is 5.75 Å². The molecule has 1 aromatic carbocycles. The molecule has 2 fully saturated rings. The normalized spacial score (nSPS) is 26.2. The van der Waals surface area contributed by atoms with Gasteiger partial charge in [-0.1, -0.05) is 31.3 Å². The van der Waals surface area contributed by atoms with Crippen LogP contribution in [0.1, 0.15) is 42.4 Å². The summed E-state index contributed by atoms with van der Waals surface area (Å²) in [5.74, 6) is 1.14. The molecule has 3 N–H and O–H groups in total. The molecule has 3 nitrogen and oxygen atoms in total. The molecule has 124 valence electrons. The zero-order valence-electron chi connectivity index (χ0n) is 14.3. The average Bonchev–Trinajstić information content (AvgIpc) is 2.50. The highest BCUT2D eigenvalue weighted by atomic mass is 16.3. The summed E-state index contributed by atoms with van der Waals surface area (Å²) < 4.78 is 0.